The van der Waals surface area contributed by atoms with E-state index in [9.17, 15) is 0 Å². The van der Waals surface area contributed by atoms with E-state index in [-0.39, 0.29) is 6.61 Å². The van der Waals surface area contributed by atoms with E-state index in [1.54, 1.807) is 0 Å². The Morgan fingerprint density at radius 1 is 1.50 bits per heavy atom. The molecule has 0 aromatic heterocycles. The highest BCUT2D eigenvalue weighted by molar-refractivity contribution is 5.82. The molecule has 1 aromatic rings. The molecule has 6 nitrogen and oxygen atoms in total. The van der Waals surface area contributed by atoms with E-state index < -0.39 is 6.04 Å². The fraction of sp³-hybridized carbons (Fsp3) is 0.300. The maximum atomic E-state index is 8.32. The molecule has 6 heteroatoms. The van der Waals surface area contributed by atoms with Gasteiger partial charge in [0, 0.05) is 4.91 Å². The molecule has 0 radical (unpaired) electrons. The summed E-state index contributed by atoms with van der Waals surface area (Å²) in [6.45, 7) is 0.634. The predicted octanol–water partition coefficient (Wildman–Crippen LogP) is 2.23. The van der Waals surface area contributed by atoms with E-state index in [0.717, 1.165) is 5.56 Å². The molecule has 82 valence electrons. The molecule has 1 aliphatic rings. The largest absolute Gasteiger partial charge is 0.473 e. The number of nitrogens with zero attached hydrogens (tertiary/aromatic N) is 4. The number of azide groups is 1. The molecule has 16 heavy (non-hydrogen) atoms. The molecule has 0 amide bonds. The van der Waals surface area contributed by atoms with Crippen LogP contribution in [-0.2, 0) is 16.2 Å². The molecule has 0 aliphatic carbocycles. The lowest BCUT2D eigenvalue weighted by molar-refractivity contribution is 0.165. The third kappa shape index (κ3) is 2.43. The van der Waals surface area contributed by atoms with Gasteiger partial charge in [-0.1, -0.05) is 40.6 Å². The number of hydrogen-bond acceptors (Lipinski definition) is 4. The molecule has 0 spiro atoms. The van der Waals surface area contributed by atoms with Crippen molar-refractivity contribution in [3.63, 3.8) is 0 Å². The first-order valence-corrected chi connectivity index (χ1v) is 4.81. The van der Waals surface area contributed by atoms with Crippen molar-refractivity contribution in [3.8, 4) is 0 Å². The van der Waals surface area contributed by atoms with Crippen LogP contribution in [0.4, 0.5) is 0 Å². The Morgan fingerprint density at radius 3 is 3.06 bits per heavy atom. The van der Waals surface area contributed by atoms with E-state index in [4.69, 9.17) is 15.1 Å². The maximum absolute atomic E-state index is 8.32. The topological polar surface area (TPSA) is 79.6 Å². The van der Waals surface area contributed by atoms with Crippen LogP contribution < -0.4 is 0 Å². The molecule has 1 aromatic carbocycles. The van der Waals surface area contributed by atoms with Crippen molar-refractivity contribution in [1.82, 2.24) is 0 Å². The van der Waals surface area contributed by atoms with Crippen LogP contribution in [0.3, 0.4) is 0 Å². The van der Waals surface area contributed by atoms with Crippen LogP contribution >= 0.6 is 0 Å². The third-order valence-electron chi connectivity index (χ3n) is 2.09. The van der Waals surface area contributed by atoms with Gasteiger partial charge in [0.1, 0.15) is 13.2 Å². The average Bonchev–Trinajstić information content (AvgIpc) is 2.76. The quantitative estimate of drug-likeness (QED) is 0.443. The highest BCUT2D eigenvalue weighted by Crippen LogP contribution is 2.10. The summed E-state index contributed by atoms with van der Waals surface area (Å²) < 4.78 is 5.41. The lowest BCUT2D eigenvalue weighted by Gasteiger charge is -2.06. The summed E-state index contributed by atoms with van der Waals surface area (Å²) in [6.07, 6.45) is 0. The highest BCUT2D eigenvalue weighted by Gasteiger charge is 2.23. The Bertz CT molecular complexity index is 426. The summed E-state index contributed by atoms with van der Waals surface area (Å²) in [4.78, 5) is 7.52. The van der Waals surface area contributed by atoms with Gasteiger partial charge in [0.05, 0.1) is 0 Å². The standard InChI is InChI=1S/C10H10N4O2/c11-14-12-9-7-16-13-10(9)15-6-8-4-2-1-3-5-8/h1-5,9H,6-7H2/t9-/m0/s1. The number of ether oxygens (including phenoxy) is 1. The molecule has 0 saturated heterocycles. The molecule has 2 rings (SSSR count). The van der Waals surface area contributed by atoms with Crippen molar-refractivity contribution >= 4 is 5.90 Å². The van der Waals surface area contributed by atoms with Crippen LogP contribution in [0.1, 0.15) is 5.56 Å². The monoisotopic (exact) mass is 218 g/mol. The summed E-state index contributed by atoms with van der Waals surface area (Å²) in [5, 5.41) is 7.20. The van der Waals surface area contributed by atoms with Crippen LogP contribution in [0.15, 0.2) is 40.6 Å². The molecule has 1 heterocycles. The summed E-state index contributed by atoms with van der Waals surface area (Å²) in [5.41, 5.74) is 9.35. The maximum Gasteiger partial charge on any atom is 0.238 e. The third-order valence-corrected chi connectivity index (χ3v) is 2.09. The molecular formula is C10H10N4O2. The van der Waals surface area contributed by atoms with E-state index >= 15 is 0 Å². The predicted molar refractivity (Wildman–Crippen MR) is 57.6 cm³/mol. The van der Waals surface area contributed by atoms with E-state index in [1.165, 1.54) is 0 Å². The van der Waals surface area contributed by atoms with Crippen LogP contribution in [-0.4, -0.2) is 18.5 Å². The zero-order valence-electron chi connectivity index (χ0n) is 8.48. The summed E-state index contributed by atoms with van der Waals surface area (Å²) in [5.74, 6) is 0.335. The van der Waals surface area contributed by atoms with Gasteiger partial charge in [-0.05, 0) is 11.1 Å². The second-order valence-electron chi connectivity index (χ2n) is 3.22. The Hall–Kier alpha value is -2.20. The van der Waals surface area contributed by atoms with E-state index in [1.807, 2.05) is 30.3 Å². The SMILES string of the molecule is [N-]=[N+]=N[C@H]1CON=C1OCc1ccccc1. The second-order valence-corrected chi connectivity index (χ2v) is 3.22. The zero-order valence-corrected chi connectivity index (χ0v) is 8.48. The molecule has 0 saturated carbocycles. The van der Waals surface area contributed by atoms with E-state index in [0.29, 0.717) is 12.5 Å². The van der Waals surface area contributed by atoms with Gasteiger partial charge in [-0.15, -0.1) is 0 Å². The minimum atomic E-state index is -0.450. The fourth-order valence-electron chi connectivity index (χ4n) is 1.30. The van der Waals surface area contributed by atoms with Crippen molar-refractivity contribution in [2.45, 2.75) is 12.6 Å². The highest BCUT2D eigenvalue weighted by atomic mass is 16.7. The van der Waals surface area contributed by atoms with Crippen LogP contribution in [0.2, 0.25) is 0 Å². The first-order chi connectivity index (χ1) is 7.90. The summed E-state index contributed by atoms with van der Waals surface area (Å²) in [6, 6.07) is 9.22. The Labute approximate surface area is 92.1 Å². The number of hydrogen-bond donors (Lipinski definition) is 0. The van der Waals surface area contributed by atoms with Crippen molar-refractivity contribution in [3.05, 3.63) is 46.3 Å². The Kier molecular flexibility index (Phi) is 3.25. The van der Waals surface area contributed by atoms with E-state index in [2.05, 4.69) is 15.2 Å². The molecule has 0 fully saturated rings. The lowest BCUT2D eigenvalue weighted by Crippen LogP contribution is -2.19. The zero-order chi connectivity index (χ0) is 11.2. The van der Waals surface area contributed by atoms with Crippen LogP contribution in [0.5, 0.6) is 0 Å². The average molecular weight is 218 g/mol. The van der Waals surface area contributed by atoms with Crippen LogP contribution in [0, 0.1) is 0 Å². The van der Waals surface area contributed by atoms with Crippen molar-refractivity contribution < 1.29 is 9.57 Å². The molecule has 1 atom stereocenters. The van der Waals surface area contributed by atoms with Gasteiger partial charge in [0.25, 0.3) is 0 Å². The van der Waals surface area contributed by atoms with Gasteiger partial charge in [-0.25, -0.2) is 0 Å². The van der Waals surface area contributed by atoms with Crippen molar-refractivity contribution in [2.24, 2.45) is 10.3 Å². The number of oxime groups is 1. The minimum Gasteiger partial charge on any atom is -0.473 e. The smallest absolute Gasteiger partial charge is 0.238 e. The summed E-state index contributed by atoms with van der Waals surface area (Å²) in [7, 11) is 0. The van der Waals surface area contributed by atoms with Gasteiger partial charge >= 0.3 is 0 Å². The Morgan fingerprint density at radius 2 is 2.31 bits per heavy atom. The molecule has 1 aliphatic heterocycles. The van der Waals surface area contributed by atoms with Crippen molar-refractivity contribution in [1.29, 1.82) is 0 Å². The number of rotatable bonds is 3. The molecule has 0 unspecified atom stereocenters. The molecule has 0 bridgehead atoms. The lowest BCUT2D eigenvalue weighted by atomic mass is 10.2. The van der Waals surface area contributed by atoms with Gasteiger partial charge in [-0.2, -0.15) is 0 Å². The van der Waals surface area contributed by atoms with Crippen LogP contribution in [0.25, 0.3) is 10.4 Å². The normalized spacial score (nSPS) is 18.2. The van der Waals surface area contributed by atoms with Gasteiger partial charge in [0.15, 0.2) is 6.04 Å². The fourth-order valence-corrected chi connectivity index (χ4v) is 1.30. The van der Waals surface area contributed by atoms with Gasteiger partial charge < -0.3 is 9.57 Å². The first-order valence-electron chi connectivity index (χ1n) is 4.81. The van der Waals surface area contributed by atoms with Gasteiger partial charge in [-0.3, -0.25) is 0 Å². The molecular weight excluding hydrogens is 208 g/mol. The minimum absolute atomic E-state index is 0.244. The Balaban J connectivity index is 1.93. The number of benzene rings is 1. The second kappa shape index (κ2) is 5.04. The van der Waals surface area contributed by atoms with Crippen molar-refractivity contribution in [2.75, 3.05) is 6.61 Å². The molecule has 0 N–H and O–H groups in total. The first kappa shape index (κ1) is 10.3. The van der Waals surface area contributed by atoms with Gasteiger partial charge in [0.2, 0.25) is 5.90 Å². The summed E-state index contributed by atoms with van der Waals surface area (Å²) >= 11 is 0.